The summed E-state index contributed by atoms with van der Waals surface area (Å²) in [5.74, 6) is -0.634. The molecule has 0 spiro atoms. The SMILES string of the molecule is COc1cc(F)c(S(=O)(=O)N(C)c2ccccc2)cc1OC. The number of nitrogens with zero attached hydrogens (tertiary/aromatic N) is 1. The number of methoxy groups -OCH3 is 2. The summed E-state index contributed by atoms with van der Waals surface area (Å²) in [4.78, 5) is -0.475. The van der Waals surface area contributed by atoms with Gasteiger partial charge in [-0.3, -0.25) is 4.31 Å². The molecule has 2 aromatic rings. The molecule has 0 heterocycles. The van der Waals surface area contributed by atoms with E-state index in [1.807, 2.05) is 0 Å². The van der Waals surface area contributed by atoms with E-state index in [0.29, 0.717) is 5.69 Å². The van der Waals surface area contributed by atoms with Gasteiger partial charge in [0.25, 0.3) is 10.0 Å². The molecule has 2 rings (SSSR count). The Morgan fingerprint density at radius 1 is 1.00 bits per heavy atom. The molecule has 0 amide bonds. The van der Waals surface area contributed by atoms with Crippen LogP contribution in [0.5, 0.6) is 11.5 Å². The summed E-state index contributed by atoms with van der Waals surface area (Å²) in [5, 5.41) is 0. The van der Waals surface area contributed by atoms with Crippen molar-refractivity contribution in [1.82, 2.24) is 0 Å². The van der Waals surface area contributed by atoms with Gasteiger partial charge in [0, 0.05) is 19.2 Å². The highest BCUT2D eigenvalue weighted by molar-refractivity contribution is 7.92. The fourth-order valence-corrected chi connectivity index (χ4v) is 3.21. The average molecular weight is 325 g/mol. The third kappa shape index (κ3) is 2.85. The van der Waals surface area contributed by atoms with Gasteiger partial charge in [-0.1, -0.05) is 18.2 Å². The number of sulfonamides is 1. The second-order valence-electron chi connectivity index (χ2n) is 4.45. The Hall–Kier alpha value is -2.28. The van der Waals surface area contributed by atoms with Gasteiger partial charge in [-0.25, -0.2) is 12.8 Å². The second kappa shape index (κ2) is 6.23. The number of rotatable bonds is 5. The quantitative estimate of drug-likeness (QED) is 0.848. The fraction of sp³-hybridized carbons (Fsp3) is 0.200. The minimum Gasteiger partial charge on any atom is -0.493 e. The van der Waals surface area contributed by atoms with Crippen LogP contribution in [-0.4, -0.2) is 29.7 Å². The van der Waals surface area contributed by atoms with Gasteiger partial charge in [-0.2, -0.15) is 0 Å². The first kappa shape index (κ1) is 16.1. The first-order chi connectivity index (χ1) is 10.4. The topological polar surface area (TPSA) is 55.8 Å². The molecule has 5 nitrogen and oxygen atoms in total. The maximum absolute atomic E-state index is 14.2. The maximum atomic E-state index is 14.2. The lowest BCUT2D eigenvalue weighted by atomic mass is 10.3. The normalized spacial score (nSPS) is 11.1. The number of hydrogen-bond acceptors (Lipinski definition) is 4. The predicted octanol–water partition coefficient (Wildman–Crippen LogP) is 2.67. The number of ether oxygens (including phenoxy) is 2. The second-order valence-corrected chi connectivity index (χ2v) is 6.38. The van der Waals surface area contributed by atoms with Gasteiger partial charge in [-0.15, -0.1) is 0 Å². The summed E-state index contributed by atoms with van der Waals surface area (Å²) in [6.07, 6.45) is 0. The summed E-state index contributed by atoms with van der Waals surface area (Å²) in [7, 11) is 0.00742. The molecule has 2 aromatic carbocycles. The summed E-state index contributed by atoms with van der Waals surface area (Å²) in [6.45, 7) is 0. The van der Waals surface area contributed by atoms with E-state index in [4.69, 9.17) is 9.47 Å². The molecule has 0 aliphatic heterocycles. The summed E-state index contributed by atoms with van der Waals surface area (Å²) in [5.41, 5.74) is 0.427. The summed E-state index contributed by atoms with van der Waals surface area (Å²) in [6, 6.07) is 10.5. The van der Waals surface area contributed by atoms with Crippen LogP contribution in [0, 0.1) is 5.82 Å². The van der Waals surface area contributed by atoms with Crippen LogP contribution in [0.4, 0.5) is 10.1 Å². The van der Waals surface area contributed by atoms with Gasteiger partial charge < -0.3 is 9.47 Å². The molecule has 0 aliphatic carbocycles. The Labute approximate surface area is 128 Å². The number of anilines is 1. The van der Waals surface area contributed by atoms with Crippen LogP contribution in [0.25, 0.3) is 0 Å². The average Bonchev–Trinajstić information content (AvgIpc) is 2.54. The summed E-state index contributed by atoms with van der Waals surface area (Å²) < 4.78 is 50.4. The minimum absolute atomic E-state index is 0.126. The van der Waals surface area contributed by atoms with E-state index >= 15 is 0 Å². The third-order valence-corrected chi connectivity index (χ3v) is 5.00. The largest absolute Gasteiger partial charge is 0.493 e. The van der Waals surface area contributed by atoms with Crippen LogP contribution < -0.4 is 13.8 Å². The Balaban J connectivity index is 2.54. The van der Waals surface area contributed by atoms with Crippen molar-refractivity contribution in [3.05, 3.63) is 48.3 Å². The molecule has 0 saturated heterocycles. The monoisotopic (exact) mass is 325 g/mol. The lowest BCUT2D eigenvalue weighted by molar-refractivity contribution is 0.350. The molecular weight excluding hydrogens is 309 g/mol. The van der Waals surface area contributed by atoms with Crippen LogP contribution in [0.2, 0.25) is 0 Å². The van der Waals surface area contributed by atoms with Crippen molar-refractivity contribution in [2.75, 3.05) is 25.6 Å². The fourth-order valence-electron chi connectivity index (χ4n) is 1.96. The van der Waals surface area contributed by atoms with Crippen molar-refractivity contribution in [3.63, 3.8) is 0 Å². The molecule has 0 radical (unpaired) electrons. The van der Waals surface area contributed by atoms with Gasteiger partial charge in [0.15, 0.2) is 11.5 Å². The van der Waals surface area contributed by atoms with Crippen molar-refractivity contribution >= 4 is 15.7 Å². The van der Waals surface area contributed by atoms with E-state index in [1.54, 1.807) is 30.3 Å². The molecule has 0 N–H and O–H groups in total. The molecule has 0 bridgehead atoms. The first-order valence-corrected chi connectivity index (χ1v) is 7.81. The van der Waals surface area contributed by atoms with Gasteiger partial charge in [0.1, 0.15) is 10.7 Å². The first-order valence-electron chi connectivity index (χ1n) is 6.37. The maximum Gasteiger partial charge on any atom is 0.267 e. The zero-order valence-corrected chi connectivity index (χ0v) is 13.2. The van der Waals surface area contributed by atoms with E-state index < -0.39 is 20.7 Å². The van der Waals surface area contributed by atoms with Crippen LogP contribution in [-0.2, 0) is 10.0 Å². The molecule has 0 aliphatic rings. The van der Waals surface area contributed by atoms with Crippen molar-refractivity contribution in [3.8, 4) is 11.5 Å². The van der Waals surface area contributed by atoms with E-state index in [2.05, 4.69) is 0 Å². The highest BCUT2D eigenvalue weighted by atomic mass is 32.2. The Bertz CT molecular complexity index is 763. The van der Waals surface area contributed by atoms with Crippen molar-refractivity contribution in [2.45, 2.75) is 4.90 Å². The van der Waals surface area contributed by atoms with E-state index in [0.717, 1.165) is 16.4 Å². The lowest BCUT2D eigenvalue weighted by Gasteiger charge is -2.20. The van der Waals surface area contributed by atoms with Crippen molar-refractivity contribution in [1.29, 1.82) is 0 Å². The molecule has 0 fully saturated rings. The van der Waals surface area contributed by atoms with Crippen LogP contribution in [0.1, 0.15) is 0 Å². The molecule has 0 unspecified atom stereocenters. The minimum atomic E-state index is -4.06. The van der Waals surface area contributed by atoms with Crippen LogP contribution >= 0.6 is 0 Å². The van der Waals surface area contributed by atoms with E-state index in [-0.39, 0.29) is 11.5 Å². The predicted molar refractivity (Wildman–Crippen MR) is 81.5 cm³/mol. The highest BCUT2D eigenvalue weighted by Crippen LogP contribution is 2.33. The van der Waals surface area contributed by atoms with Crippen molar-refractivity contribution < 1.29 is 22.3 Å². The van der Waals surface area contributed by atoms with Crippen LogP contribution in [0.3, 0.4) is 0 Å². The van der Waals surface area contributed by atoms with E-state index in [9.17, 15) is 12.8 Å². The molecule has 7 heteroatoms. The molecule has 22 heavy (non-hydrogen) atoms. The number of benzene rings is 2. The Kier molecular flexibility index (Phi) is 4.56. The Morgan fingerprint density at radius 2 is 1.55 bits per heavy atom. The van der Waals surface area contributed by atoms with Gasteiger partial charge in [0.2, 0.25) is 0 Å². The van der Waals surface area contributed by atoms with Crippen LogP contribution in [0.15, 0.2) is 47.4 Å². The number of para-hydroxylation sites is 1. The van der Waals surface area contributed by atoms with Gasteiger partial charge >= 0.3 is 0 Å². The lowest BCUT2D eigenvalue weighted by Crippen LogP contribution is -2.27. The van der Waals surface area contributed by atoms with E-state index in [1.165, 1.54) is 21.3 Å². The zero-order chi connectivity index (χ0) is 16.3. The number of halogens is 1. The molecule has 0 atom stereocenters. The zero-order valence-electron chi connectivity index (χ0n) is 12.4. The smallest absolute Gasteiger partial charge is 0.267 e. The molecular formula is C15H16FNO4S. The van der Waals surface area contributed by atoms with Crippen molar-refractivity contribution in [2.24, 2.45) is 0 Å². The molecule has 0 saturated carbocycles. The summed E-state index contributed by atoms with van der Waals surface area (Å²) >= 11 is 0. The number of hydrogen-bond donors (Lipinski definition) is 0. The molecule has 0 aromatic heterocycles. The van der Waals surface area contributed by atoms with Gasteiger partial charge in [-0.05, 0) is 12.1 Å². The highest BCUT2D eigenvalue weighted by Gasteiger charge is 2.27. The Morgan fingerprint density at radius 3 is 2.09 bits per heavy atom. The van der Waals surface area contributed by atoms with Gasteiger partial charge in [0.05, 0.1) is 19.9 Å². The standard InChI is InChI=1S/C15H16FNO4S/c1-17(11-7-5-4-6-8-11)22(18,19)15-10-14(21-3)13(20-2)9-12(15)16/h4-10H,1-3H3. The molecule has 118 valence electrons. The third-order valence-electron chi connectivity index (χ3n) is 3.20.